The van der Waals surface area contributed by atoms with E-state index < -0.39 is 0 Å². The van der Waals surface area contributed by atoms with Crippen LogP contribution in [-0.4, -0.2) is 32.6 Å². The number of unbranched alkanes of at least 4 members (excludes halogenated alkanes) is 1. The molecule has 0 amide bonds. The van der Waals surface area contributed by atoms with E-state index in [1.165, 1.54) is 0 Å². The number of nitrogens with one attached hydrogen (secondary N) is 1. The monoisotopic (exact) mass is 378 g/mol. The third-order valence-electron chi connectivity index (χ3n) is 4.50. The summed E-state index contributed by atoms with van der Waals surface area (Å²) in [4.78, 5) is 3.34. The van der Waals surface area contributed by atoms with Gasteiger partial charge in [-0.25, -0.2) is 0 Å². The molecular weight excluding hydrogens is 356 g/mol. The van der Waals surface area contributed by atoms with Crippen LogP contribution >= 0.6 is 11.8 Å². The van der Waals surface area contributed by atoms with Crippen molar-refractivity contribution in [2.24, 2.45) is 0 Å². The predicted molar refractivity (Wildman–Crippen MR) is 111 cm³/mol. The number of aromatic nitrogens is 4. The maximum absolute atomic E-state index is 5.43. The summed E-state index contributed by atoms with van der Waals surface area (Å²) in [6, 6.07) is 16.3. The van der Waals surface area contributed by atoms with Gasteiger partial charge in [-0.1, -0.05) is 49.4 Å². The molecule has 27 heavy (non-hydrogen) atoms. The Morgan fingerprint density at radius 1 is 1.11 bits per heavy atom. The minimum absolute atomic E-state index is 0.815. The van der Waals surface area contributed by atoms with Crippen LogP contribution in [0, 0.1) is 0 Å². The summed E-state index contributed by atoms with van der Waals surface area (Å²) in [5.74, 6) is 2.67. The van der Waals surface area contributed by atoms with Gasteiger partial charge in [0.05, 0.1) is 12.8 Å². The Bertz CT molecular complexity index is 1050. The molecule has 1 N–H and O–H groups in total. The Morgan fingerprint density at radius 3 is 2.85 bits per heavy atom. The second-order valence-corrected chi connectivity index (χ2v) is 7.36. The van der Waals surface area contributed by atoms with Crippen LogP contribution in [0.3, 0.4) is 0 Å². The number of aromatic amines is 1. The molecule has 138 valence electrons. The quantitative estimate of drug-likeness (QED) is 0.349. The van der Waals surface area contributed by atoms with Crippen LogP contribution in [0.5, 0.6) is 5.75 Å². The molecule has 0 bridgehead atoms. The van der Waals surface area contributed by atoms with Crippen molar-refractivity contribution in [1.29, 1.82) is 0 Å². The zero-order chi connectivity index (χ0) is 18.6. The minimum atomic E-state index is 0.815. The Hall–Kier alpha value is -2.73. The lowest BCUT2D eigenvalue weighted by Gasteiger charge is -2.11. The molecule has 0 saturated heterocycles. The SMILES string of the molecule is CCCCSc1nnc(-c2c[nH]c3ccccc23)n1-c1cccc(OC)c1. The molecule has 4 rings (SSSR count). The van der Waals surface area contributed by atoms with Crippen molar-refractivity contribution in [1.82, 2.24) is 19.7 Å². The number of rotatable bonds is 7. The Morgan fingerprint density at radius 2 is 2.00 bits per heavy atom. The van der Waals surface area contributed by atoms with Crippen LogP contribution in [0.15, 0.2) is 59.9 Å². The summed E-state index contributed by atoms with van der Waals surface area (Å²) in [5, 5.41) is 11.1. The molecule has 0 atom stereocenters. The van der Waals surface area contributed by atoms with Crippen LogP contribution in [0.2, 0.25) is 0 Å². The lowest BCUT2D eigenvalue weighted by Crippen LogP contribution is -2.00. The summed E-state index contributed by atoms with van der Waals surface area (Å²) in [6.07, 6.45) is 4.32. The number of nitrogens with zero attached hydrogens (tertiary/aromatic N) is 3. The topological polar surface area (TPSA) is 55.7 Å². The van der Waals surface area contributed by atoms with E-state index in [0.29, 0.717) is 0 Å². The molecule has 0 fully saturated rings. The molecule has 4 aromatic rings. The molecule has 0 radical (unpaired) electrons. The first-order valence-electron chi connectivity index (χ1n) is 9.11. The van der Waals surface area contributed by atoms with Crippen LogP contribution < -0.4 is 4.74 Å². The minimum Gasteiger partial charge on any atom is -0.497 e. The first-order valence-corrected chi connectivity index (χ1v) is 10.1. The van der Waals surface area contributed by atoms with Crippen molar-refractivity contribution in [2.75, 3.05) is 12.9 Å². The smallest absolute Gasteiger partial charge is 0.196 e. The summed E-state index contributed by atoms with van der Waals surface area (Å²) in [6.45, 7) is 2.20. The highest BCUT2D eigenvalue weighted by molar-refractivity contribution is 7.99. The molecule has 0 aliphatic heterocycles. The van der Waals surface area contributed by atoms with E-state index in [-0.39, 0.29) is 0 Å². The van der Waals surface area contributed by atoms with Gasteiger partial charge in [0.25, 0.3) is 0 Å². The zero-order valence-corrected chi connectivity index (χ0v) is 16.3. The number of fused-ring (bicyclic) bond motifs is 1. The van der Waals surface area contributed by atoms with Gasteiger partial charge in [-0.2, -0.15) is 0 Å². The standard InChI is InChI=1S/C21H22N4OS/c1-3-4-12-27-21-24-23-20(18-14-22-19-11-6-5-10-17(18)19)25(21)15-8-7-9-16(13-15)26-2/h5-11,13-14,22H,3-4,12H2,1-2H3. The van der Waals surface area contributed by atoms with Crippen molar-refractivity contribution in [2.45, 2.75) is 24.9 Å². The van der Waals surface area contributed by atoms with Crippen LogP contribution in [0.4, 0.5) is 0 Å². The molecule has 2 aromatic carbocycles. The lowest BCUT2D eigenvalue weighted by atomic mass is 10.1. The molecule has 0 aliphatic rings. The number of benzene rings is 2. The fourth-order valence-corrected chi connectivity index (χ4v) is 4.12. The second-order valence-electron chi connectivity index (χ2n) is 6.29. The van der Waals surface area contributed by atoms with Crippen LogP contribution in [-0.2, 0) is 0 Å². The number of ether oxygens (including phenoxy) is 1. The first-order chi connectivity index (χ1) is 13.3. The van der Waals surface area contributed by atoms with Crippen molar-refractivity contribution in [3.8, 4) is 22.8 Å². The zero-order valence-electron chi connectivity index (χ0n) is 15.5. The third-order valence-corrected chi connectivity index (χ3v) is 5.52. The van der Waals surface area contributed by atoms with Crippen LogP contribution in [0.1, 0.15) is 19.8 Å². The Labute approximate surface area is 162 Å². The molecule has 6 heteroatoms. The highest BCUT2D eigenvalue weighted by Gasteiger charge is 2.19. The number of H-pyrrole nitrogens is 1. The third kappa shape index (κ3) is 3.45. The summed E-state index contributed by atoms with van der Waals surface area (Å²) < 4.78 is 7.55. The molecule has 0 unspecified atom stereocenters. The van der Waals surface area contributed by atoms with Gasteiger partial charge in [-0.15, -0.1) is 10.2 Å². The summed E-state index contributed by atoms with van der Waals surface area (Å²) in [7, 11) is 1.68. The van der Waals surface area contributed by atoms with Gasteiger partial charge in [0.1, 0.15) is 5.75 Å². The van der Waals surface area contributed by atoms with Crippen molar-refractivity contribution >= 4 is 22.7 Å². The van der Waals surface area contributed by atoms with Gasteiger partial charge in [0.2, 0.25) is 0 Å². The molecule has 0 saturated carbocycles. The Kier molecular flexibility index (Phi) is 5.16. The Balaban J connectivity index is 1.86. The van der Waals surface area contributed by atoms with Gasteiger partial charge < -0.3 is 9.72 Å². The number of para-hydroxylation sites is 1. The number of hydrogen-bond donors (Lipinski definition) is 1. The van der Waals surface area contributed by atoms with Gasteiger partial charge in [0.15, 0.2) is 11.0 Å². The number of thioether (sulfide) groups is 1. The van der Waals surface area contributed by atoms with Gasteiger partial charge in [0, 0.05) is 34.5 Å². The average molecular weight is 379 g/mol. The van der Waals surface area contributed by atoms with E-state index in [1.807, 2.05) is 36.5 Å². The van der Waals surface area contributed by atoms with Gasteiger partial charge in [-0.05, 0) is 24.6 Å². The maximum Gasteiger partial charge on any atom is 0.196 e. The molecule has 2 aromatic heterocycles. The van der Waals surface area contributed by atoms with Crippen molar-refractivity contribution < 1.29 is 4.74 Å². The summed E-state index contributed by atoms with van der Waals surface area (Å²) >= 11 is 1.74. The summed E-state index contributed by atoms with van der Waals surface area (Å²) in [5.41, 5.74) is 3.13. The largest absolute Gasteiger partial charge is 0.497 e. The maximum atomic E-state index is 5.43. The fraction of sp³-hybridized carbons (Fsp3) is 0.238. The normalized spacial score (nSPS) is 11.2. The van der Waals surface area contributed by atoms with Crippen molar-refractivity contribution in [3.05, 3.63) is 54.7 Å². The highest BCUT2D eigenvalue weighted by atomic mass is 32.2. The van der Waals surface area contributed by atoms with E-state index in [9.17, 15) is 0 Å². The van der Waals surface area contributed by atoms with Crippen molar-refractivity contribution in [3.63, 3.8) is 0 Å². The van der Waals surface area contributed by atoms with E-state index >= 15 is 0 Å². The molecule has 2 heterocycles. The second kappa shape index (κ2) is 7.88. The number of hydrogen-bond acceptors (Lipinski definition) is 4. The molecular formula is C21H22N4OS. The number of methoxy groups -OCH3 is 1. The molecule has 0 spiro atoms. The first kappa shape index (κ1) is 17.7. The van der Waals surface area contributed by atoms with E-state index in [2.05, 4.69) is 44.9 Å². The van der Waals surface area contributed by atoms with E-state index in [1.54, 1.807) is 18.9 Å². The van der Waals surface area contributed by atoms with Gasteiger partial charge in [-0.3, -0.25) is 4.57 Å². The van der Waals surface area contributed by atoms with E-state index in [4.69, 9.17) is 4.74 Å². The predicted octanol–water partition coefficient (Wildman–Crippen LogP) is 5.32. The lowest BCUT2D eigenvalue weighted by molar-refractivity contribution is 0.414. The highest BCUT2D eigenvalue weighted by Crippen LogP contribution is 2.33. The average Bonchev–Trinajstić information content (AvgIpc) is 3.32. The van der Waals surface area contributed by atoms with Crippen LogP contribution in [0.25, 0.3) is 28.0 Å². The molecule has 0 aliphatic carbocycles. The van der Waals surface area contributed by atoms with E-state index in [0.717, 1.165) is 57.5 Å². The molecule has 5 nitrogen and oxygen atoms in total. The van der Waals surface area contributed by atoms with Gasteiger partial charge >= 0.3 is 0 Å². The fourth-order valence-electron chi connectivity index (χ4n) is 3.08.